The molecule has 3 heterocycles. The zero-order valence-corrected chi connectivity index (χ0v) is 15.3. The van der Waals surface area contributed by atoms with Crippen molar-refractivity contribution in [3.8, 4) is 5.75 Å². The van der Waals surface area contributed by atoms with E-state index in [1.165, 1.54) is 24.3 Å². The van der Waals surface area contributed by atoms with Gasteiger partial charge in [0.2, 0.25) is 0 Å². The van der Waals surface area contributed by atoms with Crippen LogP contribution in [0.5, 0.6) is 5.75 Å². The second kappa shape index (κ2) is 7.72. The monoisotopic (exact) mass is 401 g/mol. The van der Waals surface area contributed by atoms with Crippen molar-refractivity contribution in [3.63, 3.8) is 0 Å². The lowest BCUT2D eigenvalue weighted by molar-refractivity contribution is -0.0511. The summed E-state index contributed by atoms with van der Waals surface area (Å²) in [5.41, 5.74) is 0.979. The first-order chi connectivity index (χ1) is 14.0. The van der Waals surface area contributed by atoms with Gasteiger partial charge in [0.1, 0.15) is 30.4 Å². The SMILES string of the molecule is COc1ccc(C(=O)Nc2ncnc3c2ncn3[C@@H]2O[C@@H](CO)[C@H](O)[C@@H]2O)cc1. The van der Waals surface area contributed by atoms with Crippen molar-refractivity contribution in [1.82, 2.24) is 19.5 Å². The second-order valence-electron chi connectivity index (χ2n) is 6.46. The molecule has 2 aromatic heterocycles. The molecule has 11 nitrogen and oxygen atoms in total. The summed E-state index contributed by atoms with van der Waals surface area (Å²) in [5, 5.41) is 32.2. The minimum absolute atomic E-state index is 0.182. The number of carbonyl (C=O) groups excluding carboxylic acids is 1. The quantitative estimate of drug-likeness (QED) is 0.451. The van der Waals surface area contributed by atoms with Gasteiger partial charge in [-0.15, -0.1) is 0 Å². The van der Waals surface area contributed by atoms with Gasteiger partial charge >= 0.3 is 0 Å². The van der Waals surface area contributed by atoms with Crippen molar-refractivity contribution in [2.24, 2.45) is 0 Å². The summed E-state index contributed by atoms with van der Waals surface area (Å²) >= 11 is 0. The molecule has 4 atom stereocenters. The first kappa shape index (κ1) is 19.2. The maximum atomic E-state index is 12.5. The summed E-state index contributed by atoms with van der Waals surface area (Å²) in [7, 11) is 1.54. The molecule has 4 rings (SSSR count). The lowest BCUT2D eigenvalue weighted by Crippen LogP contribution is -2.33. The number of imidazole rings is 1. The molecule has 0 bridgehead atoms. The van der Waals surface area contributed by atoms with E-state index in [2.05, 4.69) is 20.3 Å². The van der Waals surface area contributed by atoms with Crippen LogP contribution in [0, 0.1) is 0 Å². The summed E-state index contributed by atoms with van der Waals surface area (Å²) < 4.78 is 12.0. The van der Waals surface area contributed by atoms with Gasteiger partial charge in [0.05, 0.1) is 20.0 Å². The highest BCUT2D eigenvalue weighted by molar-refractivity contribution is 6.06. The van der Waals surface area contributed by atoms with Gasteiger partial charge in [-0.1, -0.05) is 0 Å². The predicted molar refractivity (Wildman–Crippen MR) is 99.3 cm³/mol. The van der Waals surface area contributed by atoms with Crippen molar-refractivity contribution in [3.05, 3.63) is 42.5 Å². The van der Waals surface area contributed by atoms with Gasteiger partial charge < -0.3 is 30.1 Å². The van der Waals surface area contributed by atoms with Gasteiger partial charge in [-0.05, 0) is 24.3 Å². The standard InChI is InChI=1S/C18H19N5O6/c1-28-10-4-2-9(3-5-10)17(27)22-15-12-16(20-7-19-15)23(8-21-12)18-14(26)13(25)11(6-24)29-18/h2-5,7-8,11,13-14,18,24-26H,6H2,1H3,(H,19,20,22,27)/t11-,13-,14-,18+/m0/s1. The van der Waals surface area contributed by atoms with E-state index in [1.54, 1.807) is 24.3 Å². The van der Waals surface area contributed by atoms with E-state index < -0.39 is 37.1 Å². The first-order valence-electron chi connectivity index (χ1n) is 8.79. The molecule has 3 aromatic rings. The van der Waals surface area contributed by atoms with Gasteiger partial charge in [-0.2, -0.15) is 0 Å². The van der Waals surface area contributed by atoms with Crippen LogP contribution in [0.2, 0.25) is 0 Å². The smallest absolute Gasteiger partial charge is 0.256 e. The van der Waals surface area contributed by atoms with E-state index in [9.17, 15) is 20.1 Å². The van der Waals surface area contributed by atoms with Crippen LogP contribution >= 0.6 is 0 Å². The molecule has 1 aliphatic heterocycles. The number of benzene rings is 1. The van der Waals surface area contributed by atoms with E-state index in [-0.39, 0.29) is 11.3 Å². The number of aliphatic hydroxyl groups excluding tert-OH is 3. The summed E-state index contributed by atoms with van der Waals surface area (Å²) in [6, 6.07) is 6.57. The normalized spacial score (nSPS) is 24.0. The molecular weight excluding hydrogens is 382 g/mol. The van der Waals surface area contributed by atoms with Gasteiger partial charge in [0.15, 0.2) is 23.2 Å². The lowest BCUT2D eigenvalue weighted by Gasteiger charge is -2.16. The number of amides is 1. The van der Waals surface area contributed by atoms with Gasteiger partial charge in [-0.25, -0.2) is 15.0 Å². The Labute approximate surface area is 164 Å². The molecule has 0 unspecified atom stereocenters. The number of aliphatic hydroxyl groups is 3. The van der Waals surface area contributed by atoms with Crippen molar-refractivity contribution in [2.45, 2.75) is 24.5 Å². The van der Waals surface area contributed by atoms with Crippen LogP contribution < -0.4 is 10.1 Å². The third kappa shape index (κ3) is 3.40. The third-order valence-electron chi connectivity index (χ3n) is 4.73. The fourth-order valence-electron chi connectivity index (χ4n) is 3.16. The van der Waals surface area contributed by atoms with Crippen molar-refractivity contribution >= 4 is 22.9 Å². The van der Waals surface area contributed by atoms with E-state index in [4.69, 9.17) is 9.47 Å². The van der Waals surface area contributed by atoms with Crippen LogP contribution in [0.15, 0.2) is 36.9 Å². The summed E-state index contributed by atoms with van der Waals surface area (Å²) in [6.45, 7) is -0.445. The van der Waals surface area contributed by atoms with E-state index in [1.807, 2.05) is 0 Å². The molecule has 4 N–H and O–H groups in total. The Morgan fingerprint density at radius 1 is 1.21 bits per heavy atom. The number of rotatable bonds is 5. The number of nitrogens with one attached hydrogen (secondary N) is 1. The number of ether oxygens (including phenoxy) is 2. The van der Waals surface area contributed by atoms with Crippen molar-refractivity contribution in [2.75, 3.05) is 19.0 Å². The molecule has 1 aromatic carbocycles. The molecule has 152 valence electrons. The van der Waals surface area contributed by atoms with E-state index in [0.717, 1.165) is 0 Å². The third-order valence-corrected chi connectivity index (χ3v) is 4.73. The molecule has 1 aliphatic rings. The highest BCUT2D eigenvalue weighted by atomic mass is 16.6. The highest BCUT2D eigenvalue weighted by Crippen LogP contribution is 2.32. The maximum absolute atomic E-state index is 12.5. The number of fused-ring (bicyclic) bond motifs is 1. The molecular formula is C18H19N5O6. The fourth-order valence-corrected chi connectivity index (χ4v) is 3.16. The predicted octanol–water partition coefficient (Wildman–Crippen LogP) is -0.301. The van der Waals surface area contributed by atoms with Crippen LogP contribution in [-0.2, 0) is 4.74 Å². The average Bonchev–Trinajstić information content (AvgIpc) is 3.30. The Bertz CT molecular complexity index is 1020. The summed E-state index contributed by atoms with van der Waals surface area (Å²) in [6.07, 6.45) is -1.85. The summed E-state index contributed by atoms with van der Waals surface area (Å²) in [5.74, 6) is 0.416. The van der Waals surface area contributed by atoms with Crippen molar-refractivity contribution in [1.29, 1.82) is 0 Å². The molecule has 0 aliphatic carbocycles. The van der Waals surface area contributed by atoms with E-state index in [0.29, 0.717) is 17.0 Å². The minimum atomic E-state index is -1.28. The van der Waals surface area contributed by atoms with Crippen LogP contribution in [0.1, 0.15) is 16.6 Å². The number of methoxy groups -OCH3 is 1. The molecule has 0 radical (unpaired) electrons. The number of anilines is 1. The van der Waals surface area contributed by atoms with Gasteiger partial charge in [-0.3, -0.25) is 9.36 Å². The Morgan fingerprint density at radius 3 is 2.62 bits per heavy atom. The largest absolute Gasteiger partial charge is 0.497 e. The Kier molecular flexibility index (Phi) is 5.11. The second-order valence-corrected chi connectivity index (χ2v) is 6.46. The molecule has 1 amide bonds. The minimum Gasteiger partial charge on any atom is -0.497 e. The molecule has 11 heteroatoms. The summed E-state index contributed by atoms with van der Waals surface area (Å²) in [4.78, 5) is 25.0. The Morgan fingerprint density at radius 2 is 1.97 bits per heavy atom. The van der Waals surface area contributed by atoms with Crippen molar-refractivity contribution < 1.29 is 29.6 Å². The number of hydrogen-bond donors (Lipinski definition) is 4. The first-order valence-corrected chi connectivity index (χ1v) is 8.79. The fraction of sp³-hybridized carbons (Fsp3) is 0.333. The number of aromatic nitrogens is 4. The molecule has 1 fully saturated rings. The molecule has 1 saturated heterocycles. The molecule has 0 saturated carbocycles. The highest BCUT2D eigenvalue weighted by Gasteiger charge is 2.44. The Hall–Kier alpha value is -3.12. The molecule has 29 heavy (non-hydrogen) atoms. The number of hydrogen-bond acceptors (Lipinski definition) is 9. The number of nitrogens with zero attached hydrogens (tertiary/aromatic N) is 4. The van der Waals surface area contributed by atoms with Crippen LogP contribution in [0.3, 0.4) is 0 Å². The van der Waals surface area contributed by atoms with Gasteiger partial charge in [0, 0.05) is 5.56 Å². The maximum Gasteiger partial charge on any atom is 0.256 e. The van der Waals surface area contributed by atoms with Crippen LogP contribution in [0.25, 0.3) is 11.2 Å². The zero-order chi connectivity index (χ0) is 20.5. The zero-order valence-electron chi connectivity index (χ0n) is 15.3. The van der Waals surface area contributed by atoms with Gasteiger partial charge in [0.25, 0.3) is 5.91 Å². The average molecular weight is 401 g/mol. The Balaban J connectivity index is 1.61. The number of carbonyl (C=O) groups is 1. The van der Waals surface area contributed by atoms with Crippen LogP contribution in [0.4, 0.5) is 5.82 Å². The lowest BCUT2D eigenvalue weighted by atomic mass is 10.1. The topological polar surface area (TPSA) is 152 Å². The van der Waals surface area contributed by atoms with Crippen LogP contribution in [-0.4, -0.2) is 72.8 Å². The molecule has 0 spiro atoms. The van der Waals surface area contributed by atoms with E-state index >= 15 is 0 Å².